The zero-order valence-electron chi connectivity index (χ0n) is 25.4. The van der Waals surface area contributed by atoms with Gasteiger partial charge in [-0.1, -0.05) is 0 Å². The Morgan fingerprint density at radius 2 is 1.75 bits per heavy atom. The number of anilines is 1. The number of nitrogens with one attached hydrogen (secondary N) is 1. The third kappa shape index (κ3) is 6.10. The number of piperazine rings is 1. The molecule has 0 unspecified atom stereocenters. The van der Waals surface area contributed by atoms with Gasteiger partial charge in [0.05, 0.1) is 0 Å². The summed E-state index contributed by atoms with van der Waals surface area (Å²) in [4.78, 5) is 21.7. The summed E-state index contributed by atoms with van der Waals surface area (Å²) >= 11 is -1.23. The molecule has 44 heavy (non-hydrogen) atoms. The van der Waals surface area contributed by atoms with Crippen molar-refractivity contribution in [3.05, 3.63) is 22.5 Å². The van der Waals surface area contributed by atoms with Gasteiger partial charge < -0.3 is 0 Å². The van der Waals surface area contributed by atoms with Crippen LogP contribution in [0, 0.1) is 0 Å². The summed E-state index contributed by atoms with van der Waals surface area (Å²) in [6.07, 6.45) is -0.518. The molecule has 240 valence electrons. The van der Waals surface area contributed by atoms with Gasteiger partial charge in [0.2, 0.25) is 0 Å². The van der Waals surface area contributed by atoms with E-state index in [1.165, 1.54) is 6.20 Å². The summed E-state index contributed by atoms with van der Waals surface area (Å²) in [5.41, 5.74) is 0.737. The molecule has 11 nitrogen and oxygen atoms in total. The van der Waals surface area contributed by atoms with E-state index in [0.717, 1.165) is 12.8 Å². The summed E-state index contributed by atoms with van der Waals surface area (Å²) in [6.45, 7) is 11.8. The van der Waals surface area contributed by atoms with Gasteiger partial charge in [-0.2, -0.15) is 0 Å². The standard InChI is InChI=1S/C28H36F3N7O4SSe/c1-15-12-36(13-16(2)38(15)25(39)42-26(3,4)5)19-11-18(43(40,41)35-27(6)9-10-27)14-37-21(20(17-7-8-17)32-22(19)37)23-33-34-24(44-23)28(29,30)31/h11,14-17,35H,7-10,12-13H2,1-6H3/t15-,16-/m0/s1. The molecular weight excluding hydrogens is 666 g/mol. The molecule has 3 aromatic rings. The normalized spacial score (nSPS) is 22.5. The SMILES string of the molecule is C[C@H]1CN(c2cc(S(=O)(=O)NC3(C)CC3)cn3c(-c4nnc(C(F)(F)F)[se]4)c(C4CC4)nc23)C[C@H](C)N1C(=O)OC(C)(C)C. The van der Waals surface area contributed by atoms with Gasteiger partial charge in [-0.25, -0.2) is 0 Å². The van der Waals surface area contributed by atoms with Gasteiger partial charge in [0.15, 0.2) is 0 Å². The number of rotatable bonds is 6. The third-order valence-corrected chi connectivity index (χ3v) is 11.7. The maximum atomic E-state index is 13.7. The molecule has 0 aromatic carbocycles. The molecule has 6 rings (SSSR count). The number of fused-ring (bicyclic) bond motifs is 1. The number of sulfonamides is 1. The van der Waals surface area contributed by atoms with E-state index in [0.29, 0.717) is 48.7 Å². The average Bonchev–Trinajstić information content (AvgIpc) is 3.75. The van der Waals surface area contributed by atoms with Gasteiger partial charge in [-0.15, -0.1) is 0 Å². The van der Waals surface area contributed by atoms with Crippen molar-refractivity contribution in [2.45, 2.75) is 107 Å². The van der Waals surface area contributed by atoms with Gasteiger partial charge in [0.25, 0.3) is 0 Å². The fourth-order valence-corrected chi connectivity index (χ4v) is 8.73. The Morgan fingerprint density at radius 3 is 2.27 bits per heavy atom. The van der Waals surface area contributed by atoms with Crippen molar-refractivity contribution < 1.29 is 31.1 Å². The van der Waals surface area contributed by atoms with Crippen LogP contribution in [-0.2, 0) is 20.9 Å². The minimum Gasteiger partial charge on any atom is -0.0253 e. The average molecular weight is 703 g/mol. The minimum atomic E-state index is -4.60. The number of pyridine rings is 1. The van der Waals surface area contributed by atoms with E-state index in [1.807, 2.05) is 25.7 Å². The number of imidazole rings is 1. The topological polar surface area (TPSA) is 122 Å². The van der Waals surface area contributed by atoms with Crippen molar-refractivity contribution in [2.75, 3.05) is 18.0 Å². The molecule has 2 aliphatic carbocycles. The monoisotopic (exact) mass is 703 g/mol. The van der Waals surface area contributed by atoms with E-state index in [4.69, 9.17) is 9.72 Å². The first-order valence-electron chi connectivity index (χ1n) is 14.6. The first-order valence-corrected chi connectivity index (χ1v) is 17.8. The van der Waals surface area contributed by atoms with Gasteiger partial charge in [-0.3, -0.25) is 0 Å². The molecule has 3 aliphatic rings. The van der Waals surface area contributed by atoms with Crippen LogP contribution in [0.15, 0.2) is 17.2 Å². The number of carbonyl (C=O) groups is 1. The van der Waals surface area contributed by atoms with E-state index < -0.39 is 52.5 Å². The smallest absolute Gasteiger partial charge is 0.0253 e. The quantitative estimate of drug-likeness (QED) is 0.375. The summed E-state index contributed by atoms with van der Waals surface area (Å²) < 4.78 is 77.4. The number of ether oxygens (including phenoxy) is 1. The number of hydrogen-bond acceptors (Lipinski definition) is 8. The Bertz CT molecular complexity index is 1710. The first-order chi connectivity index (χ1) is 20.4. The van der Waals surface area contributed by atoms with E-state index in [2.05, 4.69) is 14.9 Å². The molecule has 3 fully saturated rings. The number of nitrogens with zero attached hydrogens (tertiary/aromatic N) is 6. The van der Waals surface area contributed by atoms with Crippen LogP contribution in [0.4, 0.5) is 23.7 Å². The van der Waals surface area contributed by atoms with Crippen LogP contribution < -0.4 is 9.62 Å². The number of aromatic nitrogens is 4. The van der Waals surface area contributed by atoms with Crippen molar-refractivity contribution in [1.29, 1.82) is 0 Å². The number of halogens is 3. The fraction of sp³-hybridized carbons (Fsp3) is 0.643. The molecule has 1 aliphatic heterocycles. The molecule has 1 N–H and O–H groups in total. The van der Waals surface area contributed by atoms with E-state index in [-0.39, 0.29) is 27.5 Å². The number of amides is 1. The van der Waals surface area contributed by atoms with Crippen molar-refractivity contribution in [3.63, 3.8) is 0 Å². The molecule has 0 spiro atoms. The summed E-state index contributed by atoms with van der Waals surface area (Å²) in [5, 5.41) is 7.41. The van der Waals surface area contributed by atoms with Crippen molar-refractivity contribution in [2.24, 2.45) is 0 Å². The molecule has 2 atom stereocenters. The summed E-state index contributed by atoms with van der Waals surface area (Å²) in [5.74, 6) is 0.0385. The van der Waals surface area contributed by atoms with Crippen LogP contribution >= 0.6 is 0 Å². The Hall–Kier alpha value is -2.68. The Balaban J connectivity index is 1.49. The molecule has 0 bridgehead atoms. The van der Waals surface area contributed by atoms with Gasteiger partial charge in [0, 0.05) is 0 Å². The number of hydrogen-bond donors (Lipinski definition) is 1. The summed E-state index contributed by atoms with van der Waals surface area (Å²) in [7, 11) is -4.00. The second-order valence-corrected chi connectivity index (χ2v) is 17.2. The Kier molecular flexibility index (Phi) is 7.42. The van der Waals surface area contributed by atoms with Gasteiger partial charge in [-0.05, 0) is 20.8 Å². The molecule has 2 saturated carbocycles. The first kappa shape index (κ1) is 31.3. The predicted molar refractivity (Wildman–Crippen MR) is 157 cm³/mol. The third-order valence-electron chi connectivity index (χ3n) is 8.09. The van der Waals surface area contributed by atoms with E-state index in [1.54, 1.807) is 36.1 Å². The van der Waals surface area contributed by atoms with Crippen LogP contribution in [0.25, 0.3) is 15.9 Å². The number of carbonyl (C=O) groups excluding carboxylic acids is 1. The zero-order chi connectivity index (χ0) is 32.0. The Morgan fingerprint density at radius 1 is 1.11 bits per heavy atom. The van der Waals surface area contributed by atoms with Crippen LogP contribution in [0.5, 0.6) is 0 Å². The van der Waals surface area contributed by atoms with Gasteiger partial charge in [0.1, 0.15) is 0 Å². The Labute approximate surface area is 260 Å². The van der Waals surface area contributed by atoms with Crippen LogP contribution in [0.2, 0.25) is 0 Å². The number of alkyl halides is 3. The maximum absolute atomic E-state index is 13.7. The van der Waals surface area contributed by atoms with Crippen LogP contribution in [0.3, 0.4) is 0 Å². The zero-order valence-corrected chi connectivity index (χ0v) is 27.9. The fourth-order valence-electron chi connectivity index (χ4n) is 5.65. The van der Waals surface area contributed by atoms with E-state index >= 15 is 0 Å². The molecule has 3 aromatic heterocycles. The second-order valence-electron chi connectivity index (χ2n) is 13.4. The molecular formula is C28H36F3N7O4SSe. The van der Waals surface area contributed by atoms with Gasteiger partial charge >= 0.3 is 240 Å². The molecule has 1 amide bonds. The molecule has 1 saturated heterocycles. The molecule has 4 heterocycles. The van der Waals surface area contributed by atoms with E-state index in [9.17, 15) is 26.4 Å². The predicted octanol–water partition coefficient (Wildman–Crippen LogP) is 4.41. The van der Waals surface area contributed by atoms with Crippen molar-refractivity contribution in [3.8, 4) is 10.3 Å². The summed E-state index contributed by atoms with van der Waals surface area (Å²) in [6, 6.07) is 0.999. The second kappa shape index (κ2) is 10.4. The van der Waals surface area contributed by atoms with Crippen molar-refractivity contribution in [1.82, 2.24) is 29.2 Å². The molecule has 0 radical (unpaired) electrons. The van der Waals surface area contributed by atoms with Crippen molar-refractivity contribution >= 4 is 42.0 Å². The minimum absolute atomic E-state index is 0.0212. The van der Waals surface area contributed by atoms with Crippen LogP contribution in [0.1, 0.15) is 83.4 Å². The molecule has 16 heteroatoms. The van der Waals surface area contributed by atoms with Crippen LogP contribution in [-0.4, -0.2) is 89.8 Å².